The van der Waals surface area contributed by atoms with Crippen molar-refractivity contribution in [3.05, 3.63) is 113 Å². The second-order valence-electron chi connectivity index (χ2n) is 6.86. The fraction of sp³-hybridized carbons (Fsp3) is 0.120. The van der Waals surface area contributed by atoms with E-state index in [4.69, 9.17) is 0 Å². The quantitative estimate of drug-likeness (QED) is 0.400. The van der Waals surface area contributed by atoms with Crippen molar-refractivity contribution in [2.24, 2.45) is 0 Å². The van der Waals surface area contributed by atoms with Gasteiger partial charge in [0.1, 0.15) is 0 Å². The van der Waals surface area contributed by atoms with Crippen LogP contribution in [0.5, 0.6) is 0 Å². The molecule has 0 aliphatic heterocycles. The van der Waals surface area contributed by atoms with E-state index in [9.17, 15) is 4.79 Å². The number of amides is 1. The predicted molar refractivity (Wildman–Crippen MR) is 119 cm³/mol. The van der Waals surface area contributed by atoms with Gasteiger partial charge >= 0.3 is 0 Å². The fourth-order valence-corrected chi connectivity index (χ4v) is 3.98. The Morgan fingerprint density at radius 3 is 2.34 bits per heavy atom. The average Bonchev–Trinajstić information content (AvgIpc) is 3.31. The Bertz CT molecular complexity index is 1030. The fourth-order valence-electron chi connectivity index (χ4n) is 3.28. The number of carbonyl (C=O) groups is 1. The van der Waals surface area contributed by atoms with Crippen molar-refractivity contribution in [2.75, 3.05) is 6.54 Å². The molecule has 0 aliphatic carbocycles. The van der Waals surface area contributed by atoms with Crippen LogP contribution in [0.15, 0.2) is 96.6 Å². The van der Waals surface area contributed by atoms with E-state index in [-0.39, 0.29) is 5.91 Å². The van der Waals surface area contributed by atoms with Crippen molar-refractivity contribution in [1.82, 2.24) is 9.88 Å². The smallest absolute Gasteiger partial charge is 0.254 e. The molecule has 1 amide bonds. The molecule has 2 heterocycles. The third kappa shape index (κ3) is 4.98. The summed E-state index contributed by atoms with van der Waals surface area (Å²) in [5.41, 5.74) is 4.00. The summed E-state index contributed by atoms with van der Waals surface area (Å²) in [4.78, 5) is 20.7. The first-order valence-corrected chi connectivity index (χ1v) is 10.5. The summed E-state index contributed by atoms with van der Waals surface area (Å²) >= 11 is 1.73. The lowest BCUT2D eigenvalue weighted by atomic mass is 10.0. The Balaban J connectivity index is 1.53. The summed E-state index contributed by atoms with van der Waals surface area (Å²) in [6.45, 7) is 1.23. The minimum Gasteiger partial charge on any atom is -0.334 e. The Morgan fingerprint density at radius 2 is 1.66 bits per heavy atom. The summed E-state index contributed by atoms with van der Waals surface area (Å²) < 4.78 is 0. The van der Waals surface area contributed by atoms with E-state index in [0.29, 0.717) is 18.7 Å². The van der Waals surface area contributed by atoms with Crippen molar-refractivity contribution < 1.29 is 4.79 Å². The van der Waals surface area contributed by atoms with Gasteiger partial charge in [-0.15, -0.1) is 11.3 Å². The van der Waals surface area contributed by atoms with Gasteiger partial charge in [-0.05, 0) is 52.8 Å². The molecule has 0 bridgehead atoms. The van der Waals surface area contributed by atoms with Crippen LogP contribution in [-0.4, -0.2) is 22.3 Å². The van der Waals surface area contributed by atoms with Crippen molar-refractivity contribution in [3.8, 4) is 11.1 Å². The molecule has 0 spiro atoms. The molecule has 4 rings (SSSR count). The highest BCUT2D eigenvalue weighted by Crippen LogP contribution is 2.20. The molecule has 0 fully saturated rings. The molecule has 0 atom stereocenters. The number of hydrogen-bond donors (Lipinski definition) is 0. The number of thiophene rings is 1. The van der Waals surface area contributed by atoms with Gasteiger partial charge in [0.25, 0.3) is 5.91 Å². The molecule has 0 aliphatic rings. The third-order valence-electron chi connectivity index (χ3n) is 4.83. The zero-order chi connectivity index (χ0) is 19.9. The van der Waals surface area contributed by atoms with Gasteiger partial charge in [-0.3, -0.25) is 9.78 Å². The SMILES string of the molecule is O=C(c1ccc(-c2ccccc2)cc1)N(CCc1cccs1)Cc1cccnc1. The van der Waals surface area contributed by atoms with E-state index >= 15 is 0 Å². The first-order chi connectivity index (χ1) is 14.3. The second-order valence-corrected chi connectivity index (χ2v) is 7.89. The van der Waals surface area contributed by atoms with E-state index in [2.05, 4.69) is 34.6 Å². The van der Waals surface area contributed by atoms with Crippen LogP contribution < -0.4 is 0 Å². The molecule has 0 N–H and O–H groups in total. The van der Waals surface area contributed by atoms with Gasteiger partial charge in [0.2, 0.25) is 0 Å². The molecule has 29 heavy (non-hydrogen) atoms. The van der Waals surface area contributed by atoms with Crippen molar-refractivity contribution in [1.29, 1.82) is 0 Å². The first-order valence-electron chi connectivity index (χ1n) is 9.65. The van der Waals surface area contributed by atoms with Crippen LogP contribution in [0.25, 0.3) is 11.1 Å². The molecule has 0 saturated heterocycles. The van der Waals surface area contributed by atoms with E-state index in [0.717, 1.165) is 23.1 Å². The summed E-state index contributed by atoms with van der Waals surface area (Å²) in [6.07, 6.45) is 4.43. The number of pyridine rings is 1. The maximum Gasteiger partial charge on any atom is 0.254 e. The highest BCUT2D eigenvalue weighted by Gasteiger charge is 2.17. The Morgan fingerprint density at radius 1 is 0.862 bits per heavy atom. The van der Waals surface area contributed by atoms with Crippen LogP contribution in [0.2, 0.25) is 0 Å². The molecule has 4 heteroatoms. The van der Waals surface area contributed by atoms with Crippen molar-refractivity contribution >= 4 is 17.2 Å². The van der Waals surface area contributed by atoms with Crippen LogP contribution in [0.4, 0.5) is 0 Å². The monoisotopic (exact) mass is 398 g/mol. The summed E-state index contributed by atoms with van der Waals surface area (Å²) in [7, 11) is 0. The zero-order valence-electron chi connectivity index (χ0n) is 16.1. The molecule has 144 valence electrons. The summed E-state index contributed by atoms with van der Waals surface area (Å²) in [5, 5.41) is 2.07. The molecule has 0 saturated carbocycles. The molecule has 0 radical (unpaired) electrons. The predicted octanol–water partition coefficient (Wildman–Crippen LogP) is 5.70. The van der Waals surface area contributed by atoms with Gasteiger partial charge in [-0.25, -0.2) is 0 Å². The Hall–Kier alpha value is -3.24. The van der Waals surface area contributed by atoms with Gasteiger partial charge in [0.05, 0.1) is 0 Å². The highest BCUT2D eigenvalue weighted by molar-refractivity contribution is 7.09. The number of benzene rings is 2. The van der Waals surface area contributed by atoms with Crippen LogP contribution >= 0.6 is 11.3 Å². The average molecular weight is 399 g/mol. The number of carbonyl (C=O) groups excluding carboxylic acids is 1. The normalized spacial score (nSPS) is 10.6. The van der Waals surface area contributed by atoms with Crippen LogP contribution in [-0.2, 0) is 13.0 Å². The van der Waals surface area contributed by atoms with Gasteiger partial charge in [0, 0.05) is 35.9 Å². The largest absolute Gasteiger partial charge is 0.334 e. The number of rotatable bonds is 7. The molecular weight excluding hydrogens is 376 g/mol. The second kappa shape index (κ2) is 9.30. The maximum atomic E-state index is 13.3. The van der Waals surface area contributed by atoms with E-state index in [1.54, 1.807) is 17.5 Å². The number of aromatic nitrogens is 1. The molecule has 2 aromatic heterocycles. The minimum absolute atomic E-state index is 0.0463. The summed E-state index contributed by atoms with van der Waals surface area (Å²) in [6, 6.07) is 26.2. The van der Waals surface area contributed by atoms with Gasteiger partial charge in [0.15, 0.2) is 0 Å². The van der Waals surface area contributed by atoms with Gasteiger partial charge in [-0.1, -0.05) is 54.6 Å². The minimum atomic E-state index is 0.0463. The number of hydrogen-bond acceptors (Lipinski definition) is 3. The highest BCUT2D eigenvalue weighted by atomic mass is 32.1. The van der Waals surface area contributed by atoms with E-state index in [1.807, 2.05) is 65.7 Å². The topological polar surface area (TPSA) is 33.2 Å². The van der Waals surface area contributed by atoms with E-state index in [1.165, 1.54) is 4.88 Å². The maximum absolute atomic E-state index is 13.3. The Kier molecular flexibility index (Phi) is 6.13. The lowest BCUT2D eigenvalue weighted by molar-refractivity contribution is 0.0745. The zero-order valence-corrected chi connectivity index (χ0v) is 16.9. The van der Waals surface area contributed by atoms with Crippen molar-refractivity contribution in [3.63, 3.8) is 0 Å². The van der Waals surface area contributed by atoms with Gasteiger partial charge in [-0.2, -0.15) is 0 Å². The Labute approximate surface area is 175 Å². The molecular formula is C25H22N2OS. The molecule has 4 aromatic rings. The molecule has 2 aromatic carbocycles. The van der Waals surface area contributed by atoms with Crippen LogP contribution in [0.1, 0.15) is 20.8 Å². The number of nitrogens with zero attached hydrogens (tertiary/aromatic N) is 2. The van der Waals surface area contributed by atoms with E-state index < -0.39 is 0 Å². The van der Waals surface area contributed by atoms with Crippen molar-refractivity contribution in [2.45, 2.75) is 13.0 Å². The van der Waals surface area contributed by atoms with Crippen LogP contribution in [0, 0.1) is 0 Å². The van der Waals surface area contributed by atoms with Gasteiger partial charge < -0.3 is 4.90 Å². The standard InChI is InChI=1S/C25H22N2OS/c28-25(23-12-10-22(11-13-23)21-7-2-1-3-8-21)27(16-14-24-9-5-17-29-24)19-20-6-4-15-26-18-20/h1-13,15,17-18H,14,16,19H2. The lowest BCUT2D eigenvalue weighted by Crippen LogP contribution is -2.32. The molecule has 0 unspecified atom stereocenters. The third-order valence-corrected chi connectivity index (χ3v) is 5.77. The lowest BCUT2D eigenvalue weighted by Gasteiger charge is -2.23. The summed E-state index contributed by atoms with van der Waals surface area (Å²) in [5.74, 6) is 0.0463. The first kappa shape index (κ1) is 19.1. The molecule has 3 nitrogen and oxygen atoms in total. The van der Waals surface area contributed by atoms with Crippen LogP contribution in [0.3, 0.4) is 0 Å².